The fourth-order valence-electron chi connectivity index (χ4n) is 3.73. The number of ether oxygens (including phenoxy) is 1. The molecule has 0 fully saturated rings. The predicted molar refractivity (Wildman–Crippen MR) is 138 cm³/mol. The Morgan fingerprint density at radius 3 is 2.20 bits per heavy atom. The van der Waals surface area contributed by atoms with Gasteiger partial charge in [0.05, 0.1) is 0 Å². The summed E-state index contributed by atoms with van der Waals surface area (Å²) < 4.78 is 5.39. The molecular formula is C27H45N3O5. The number of rotatable bonds is 12. The molecule has 1 aromatic rings. The molecule has 3 N–H and O–H groups in total. The molecule has 0 saturated heterocycles. The fourth-order valence-corrected chi connectivity index (χ4v) is 3.73. The second kappa shape index (κ2) is 14.0. The van der Waals surface area contributed by atoms with Crippen LogP contribution in [0.1, 0.15) is 92.7 Å². The summed E-state index contributed by atoms with van der Waals surface area (Å²) in [6, 6.07) is 4.42. The third kappa shape index (κ3) is 10.6. The molecule has 198 valence electrons. The van der Waals surface area contributed by atoms with Gasteiger partial charge in [-0.15, -0.1) is 0 Å². The average molecular weight is 492 g/mol. The summed E-state index contributed by atoms with van der Waals surface area (Å²) in [5, 5.41) is 15.7. The van der Waals surface area contributed by atoms with Crippen molar-refractivity contribution in [3.8, 4) is 5.75 Å². The molecule has 3 amide bonds. The second-order valence-corrected chi connectivity index (χ2v) is 10.6. The molecule has 0 aliphatic heterocycles. The van der Waals surface area contributed by atoms with Gasteiger partial charge in [-0.2, -0.15) is 0 Å². The van der Waals surface area contributed by atoms with Gasteiger partial charge >= 0.3 is 6.09 Å². The molecule has 8 nitrogen and oxygen atoms in total. The topological polar surface area (TPSA) is 108 Å². The molecule has 0 bridgehead atoms. The standard InChI is InChI=1S/C27H45N3O5/c1-9-10-11-12-16-30(25(33)22(18(2)3)29-26(34)35-27(6,7)8)23(24(32)28-19(4)5)20-14-13-15-21(31)17-20/h13-15,17-19,22-23,31H,9-12,16H2,1-8H3,(H,28,32)(H,29,34). The Kier molecular flexibility index (Phi) is 12.1. The summed E-state index contributed by atoms with van der Waals surface area (Å²) in [5.41, 5.74) is -0.206. The van der Waals surface area contributed by atoms with Gasteiger partial charge in [-0.3, -0.25) is 9.59 Å². The maximum Gasteiger partial charge on any atom is 0.408 e. The van der Waals surface area contributed by atoms with Crippen LogP contribution >= 0.6 is 0 Å². The zero-order chi connectivity index (χ0) is 26.8. The van der Waals surface area contributed by atoms with Crippen LogP contribution in [0.25, 0.3) is 0 Å². The number of benzene rings is 1. The number of aromatic hydroxyl groups is 1. The average Bonchev–Trinajstić information content (AvgIpc) is 2.71. The lowest BCUT2D eigenvalue weighted by molar-refractivity contribution is -0.143. The number of hydrogen-bond donors (Lipinski definition) is 3. The Morgan fingerprint density at radius 1 is 1.03 bits per heavy atom. The van der Waals surface area contributed by atoms with Crippen LogP contribution in [0, 0.1) is 5.92 Å². The number of phenolic OH excluding ortho intramolecular Hbond substituents is 1. The van der Waals surface area contributed by atoms with E-state index in [1.165, 1.54) is 17.0 Å². The summed E-state index contributed by atoms with van der Waals surface area (Å²) >= 11 is 0. The van der Waals surface area contributed by atoms with Crippen molar-refractivity contribution in [2.24, 2.45) is 5.92 Å². The minimum absolute atomic E-state index is 0.00974. The number of nitrogens with one attached hydrogen (secondary N) is 2. The Labute approximate surface area is 210 Å². The number of alkyl carbamates (subject to hydrolysis) is 1. The maximum absolute atomic E-state index is 14.0. The zero-order valence-corrected chi connectivity index (χ0v) is 22.7. The summed E-state index contributed by atoms with van der Waals surface area (Å²) in [4.78, 5) is 41.4. The summed E-state index contributed by atoms with van der Waals surface area (Å²) in [6.07, 6.45) is 2.98. The monoisotopic (exact) mass is 491 g/mol. The number of carbonyl (C=O) groups excluding carboxylic acids is 3. The van der Waals surface area contributed by atoms with E-state index in [0.29, 0.717) is 18.5 Å². The largest absolute Gasteiger partial charge is 0.508 e. The van der Waals surface area contributed by atoms with Crippen LogP contribution in [-0.2, 0) is 14.3 Å². The predicted octanol–water partition coefficient (Wildman–Crippen LogP) is 4.92. The molecule has 0 heterocycles. The molecule has 0 saturated carbocycles. The first-order chi connectivity index (χ1) is 16.3. The van der Waals surface area contributed by atoms with E-state index in [1.807, 2.05) is 27.7 Å². The molecule has 0 aliphatic rings. The molecule has 0 aromatic heterocycles. The molecule has 1 rings (SSSR count). The van der Waals surface area contributed by atoms with Gasteiger partial charge in [-0.25, -0.2) is 4.79 Å². The van der Waals surface area contributed by atoms with Crippen molar-refractivity contribution in [3.63, 3.8) is 0 Å². The second-order valence-electron chi connectivity index (χ2n) is 10.6. The number of hydrogen-bond acceptors (Lipinski definition) is 5. The SMILES string of the molecule is CCCCCCN(C(=O)C(NC(=O)OC(C)(C)C)C(C)C)C(C(=O)NC(C)C)c1cccc(O)c1. The van der Waals surface area contributed by atoms with E-state index in [9.17, 15) is 19.5 Å². The highest BCUT2D eigenvalue weighted by atomic mass is 16.6. The van der Waals surface area contributed by atoms with Crippen molar-refractivity contribution < 1.29 is 24.2 Å². The van der Waals surface area contributed by atoms with Crippen LogP contribution in [0.5, 0.6) is 5.75 Å². The van der Waals surface area contributed by atoms with E-state index in [4.69, 9.17) is 4.74 Å². The molecule has 0 spiro atoms. The molecule has 1 aromatic carbocycles. The Morgan fingerprint density at radius 2 is 1.69 bits per heavy atom. The van der Waals surface area contributed by atoms with Crippen LogP contribution in [0.2, 0.25) is 0 Å². The maximum atomic E-state index is 14.0. The highest BCUT2D eigenvalue weighted by Gasteiger charge is 2.37. The Hall–Kier alpha value is -2.77. The van der Waals surface area contributed by atoms with Crippen LogP contribution in [-0.4, -0.2) is 52.1 Å². The Balaban J connectivity index is 3.43. The third-order valence-corrected chi connectivity index (χ3v) is 5.32. The molecule has 0 radical (unpaired) electrons. The van der Waals surface area contributed by atoms with Gasteiger partial charge in [0.25, 0.3) is 0 Å². The minimum Gasteiger partial charge on any atom is -0.508 e. The van der Waals surface area contributed by atoms with Gasteiger partial charge in [0.1, 0.15) is 23.4 Å². The molecule has 8 heteroatoms. The first kappa shape index (κ1) is 30.3. The van der Waals surface area contributed by atoms with Gasteiger partial charge in [0.15, 0.2) is 0 Å². The normalized spacial score (nSPS) is 13.3. The highest BCUT2D eigenvalue weighted by molar-refractivity contribution is 5.92. The minimum atomic E-state index is -0.958. The van der Waals surface area contributed by atoms with Gasteiger partial charge in [0, 0.05) is 12.6 Å². The van der Waals surface area contributed by atoms with Crippen molar-refractivity contribution in [2.75, 3.05) is 6.54 Å². The van der Waals surface area contributed by atoms with Gasteiger partial charge in [0.2, 0.25) is 11.8 Å². The number of amides is 3. The summed E-state index contributed by atoms with van der Waals surface area (Å²) in [6.45, 7) is 15.1. The number of phenols is 1. The van der Waals surface area contributed by atoms with E-state index < -0.39 is 23.8 Å². The lowest BCUT2D eigenvalue weighted by atomic mass is 9.98. The van der Waals surface area contributed by atoms with Crippen molar-refractivity contribution >= 4 is 17.9 Å². The van der Waals surface area contributed by atoms with E-state index in [2.05, 4.69) is 17.6 Å². The van der Waals surface area contributed by atoms with Crippen molar-refractivity contribution in [3.05, 3.63) is 29.8 Å². The molecule has 0 aliphatic carbocycles. The van der Waals surface area contributed by atoms with Gasteiger partial charge in [-0.05, 0) is 64.7 Å². The van der Waals surface area contributed by atoms with Crippen LogP contribution in [0.15, 0.2) is 24.3 Å². The van der Waals surface area contributed by atoms with E-state index in [1.54, 1.807) is 32.9 Å². The fraction of sp³-hybridized carbons (Fsp3) is 0.667. The third-order valence-electron chi connectivity index (χ3n) is 5.32. The number of nitrogens with zero attached hydrogens (tertiary/aromatic N) is 1. The lowest BCUT2D eigenvalue weighted by Crippen LogP contribution is -2.55. The van der Waals surface area contributed by atoms with E-state index >= 15 is 0 Å². The smallest absolute Gasteiger partial charge is 0.408 e. The number of unbranched alkanes of at least 4 members (excludes halogenated alkanes) is 3. The quantitative estimate of drug-likeness (QED) is 0.360. The number of carbonyl (C=O) groups is 3. The summed E-state index contributed by atoms with van der Waals surface area (Å²) in [7, 11) is 0. The van der Waals surface area contributed by atoms with Crippen LogP contribution in [0.4, 0.5) is 4.79 Å². The van der Waals surface area contributed by atoms with Crippen molar-refractivity contribution in [1.82, 2.24) is 15.5 Å². The Bertz CT molecular complexity index is 832. The highest BCUT2D eigenvalue weighted by Crippen LogP contribution is 2.27. The van der Waals surface area contributed by atoms with Crippen LogP contribution < -0.4 is 10.6 Å². The summed E-state index contributed by atoms with van der Waals surface area (Å²) in [5.74, 6) is -0.939. The van der Waals surface area contributed by atoms with Crippen LogP contribution in [0.3, 0.4) is 0 Å². The first-order valence-corrected chi connectivity index (χ1v) is 12.7. The zero-order valence-electron chi connectivity index (χ0n) is 22.7. The molecular weight excluding hydrogens is 446 g/mol. The van der Waals surface area contributed by atoms with Crippen molar-refractivity contribution in [2.45, 2.75) is 105 Å². The molecule has 35 heavy (non-hydrogen) atoms. The molecule has 2 atom stereocenters. The lowest BCUT2D eigenvalue weighted by Gasteiger charge is -2.36. The van der Waals surface area contributed by atoms with Gasteiger partial charge in [-0.1, -0.05) is 52.2 Å². The van der Waals surface area contributed by atoms with E-state index in [0.717, 1.165) is 19.3 Å². The van der Waals surface area contributed by atoms with Gasteiger partial charge < -0.3 is 25.4 Å². The molecule has 2 unspecified atom stereocenters. The van der Waals surface area contributed by atoms with Crippen molar-refractivity contribution in [1.29, 1.82) is 0 Å². The first-order valence-electron chi connectivity index (χ1n) is 12.7. The van der Waals surface area contributed by atoms with E-state index in [-0.39, 0.29) is 29.5 Å².